The van der Waals surface area contributed by atoms with Crippen molar-refractivity contribution < 1.29 is 21.6 Å². The minimum atomic E-state index is -4.30. The van der Waals surface area contributed by atoms with Crippen molar-refractivity contribution in [1.82, 2.24) is 10.2 Å². The van der Waals surface area contributed by atoms with Crippen LogP contribution >= 0.6 is 0 Å². The molecule has 0 amide bonds. The summed E-state index contributed by atoms with van der Waals surface area (Å²) in [6.45, 7) is 1.24. The van der Waals surface area contributed by atoms with Crippen molar-refractivity contribution in [3.63, 3.8) is 0 Å². The lowest BCUT2D eigenvalue weighted by Crippen LogP contribution is -2.17. The Morgan fingerprint density at radius 3 is 2.62 bits per heavy atom. The standard InChI is InChI=1S/C11H11F3N4O2S/c1-5-11(9(4-15)17-16-5)21(19,20)18-8-3-6(12)2-7(13)10(8)14/h2-3,18H,4,15H2,1H3,(H,16,17). The van der Waals surface area contributed by atoms with Crippen molar-refractivity contribution in [3.8, 4) is 0 Å². The van der Waals surface area contributed by atoms with Crippen LogP contribution in [0, 0.1) is 24.4 Å². The van der Waals surface area contributed by atoms with Crippen molar-refractivity contribution >= 4 is 15.7 Å². The number of nitrogens with two attached hydrogens (primary N) is 1. The van der Waals surface area contributed by atoms with Crippen LogP contribution in [-0.4, -0.2) is 18.6 Å². The molecule has 0 fully saturated rings. The van der Waals surface area contributed by atoms with Gasteiger partial charge >= 0.3 is 0 Å². The second-order valence-electron chi connectivity index (χ2n) is 4.18. The third-order valence-corrected chi connectivity index (χ3v) is 4.23. The number of hydrogen-bond donors (Lipinski definition) is 3. The molecule has 10 heteroatoms. The summed E-state index contributed by atoms with van der Waals surface area (Å²) in [5.41, 5.74) is 4.72. The fourth-order valence-corrected chi connectivity index (χ4v) is 3.22. The number of benzene rings is 1. The molecule has 0 aliphatic rings. The monoisotopic (exact) mass is 320 g/mol. The van der Waals surface area contributed by atoms with Crippen molar-refractivity contribution in [2.75, 3.05) is 4.72 Å². The molecule has 114 valence electrons. The normalized spacial score (nSPS) is 11.7. The van der Waals surface area contributed by atoms with Gasteiger partial charge in [-0.25, -0.2) is 21.6 Å². The molecule has 0 saturated carbocycles. The summed E-state index contributed by atoms with van der Waals surface area (Å²) in [6, 6.07) is 0.842. The summed E-state index contributed by atoms with van der Waals surface area (Å²) in [6.07, 6.45) is 0. The van der Waals surface area contributed by atoms with Crippen LogP contribution in [0.5, 0.6) is 0 Å². The second-order valence-corrected chi connectivity index (χ2v) is 5.80. The van der Waals surface area contributed by atoms with Gasteiger partial charge in [-0.3, -0.25) is 9.82 Å². The van der Waals surface area contributed by atoms with Gasteiger partial charge in [0.2, 0.25) is 0 Å². The largest absolute Gasteiger partial charge is 0.325 e. The van der Waals surface area contributed by atoms with E-state index in [1.807, 2.05) is 0 Å². The number of sulfonamides is 1. The van der Waals surface area contributed by atoms with Gasteiger partial charge in [-0.05, 0) is 6.92 Å². The maximum absolute atomic E-state index is 13.5. The smallest absolute Gasteiger partial charge is 0.265 e. The Morgan fingerprint density at radius 1 is 1.33 bits per heavy atom. The first-order valence-corrected chi connectivity index (χ1v) is 7.16. The highest BCUT2D eigenvalue weighted by atomic mass is 32.2. The van der Waals surface area contributed by atoms with Crippen molar-refractivity contribution in [3.05, 3.63) is 41.0 Å². The maximum atomic E-state index is 13.5. The third kappa shape index (κ3) is 2.85. The fraction of sp³-hybridized carbons (Fsp3) is 0.182. The number of aryl methyl sites for hydroxylation is 1. The zero-order chi connectivity index (χ0) is 15.8. The number of H-pyrrole nitrogens is 1. The van der Waals surface area contributed by atoms with Gasteiger partial charge in [0.25, 0.3) is 10.0 Å². The zero-order valence-electron chi connectivity index (χ0n) is 10.7. The first kappa shape index (κ1) is 15.3. The van der Waals surface area contributed by atoms with E-state index < -0.39 is 33.2 Å². The molecule has 0 bridgehead atoms. The number of nitrogens with one attached hydrogen (secondary N) is 2. The number of nitrogens with zero attached hydrogens (tertiary/aromatic N) is 1. The van der Waals surface area contributed by atoms with Gasteiger partial charge in [0.1, 0.15) is 10.7 Å². The molecule has 1 aromatic carbocycles. The molecule has 4 N–H and O–H groups in total. The average Bonchev–Trinajstić information content (AvgIpc) is 2.77. The molecular weight excluding hydrogens is 309 g/mol. The molecule has 0 radical (unpaired) electrons. The van der Waals surface area contributed by atoms with Crippen LogP contribution in [0.1, 0.15) is 11.4 Å². The SMILES string of the molecule is Cc1[nH]nc(CN)c1S(=O)(=O)Nc1cc(F)cc(F)c1F. The number of anilines is 1. The van der Waals surface area contributed by atoms with Gasteiger partial charge in [-0.2, -0.15) is 5.10 Å². The van der Waals surface area contributed by atoms with E-state index in [4.69, 9.17) is 5.73 Å². The fourth-order valence-electron chi connectivity index (χ4n) is 1.79. The second kappa shape index (κ2) is 5.37. The third-order valence-electron chi connectivity index (χ3n) is 2.66. The Morgan fingerprint density at radius 2 is 2.00 bits per heavy atom. The van der Waals surface area contributed by atoms with Gasteiger partial charge in [-0.1, -0.05) is 0 Å². The predicted octanol–water partition coefficient (Wildman–Crippen LogP) is 1.39. The van der Waals surface area contributed by atoms with Gasteiger partial charge in [-0.15, -0.1) is 0 Å². The van der Waals surface area contributed by atoms with Crippen LogP contribution in [0.4, 0.5) is 18.9 Å². The molecule has 1 heterocycles. The van der Waals surface area contributed by atoms with Crippen molar-refractivity contribution in [2.45, 2.75) is 18.4 Å². The van der Waals surface area contributed by atoms with E-state index in [-0.39, 0.29) is 22.8 Å². The maximum Gasteiger partial charge on any atom is 0.265 e. The van der Waals surface area contributed by atoms with Crippen LogP contribution in [0.25, 0.3) is 0 Å². The Labute approximate surface area is 118 Å². The van der Waals surface area contributed by atoms with E-state index in [1.54, 1.807) is 4.72 Å². The number of aromatic nitrogens is 2. The summed E-state index contributed by atoms with van der Waals surface area (Å²) < 4.78 is 65.9. The molecule has 6 nitrogen and oxygen atoms in total. The van der Waals surface area contributed by atoms with Crippen LogP contribution in [-0.2, 0) is 16.6 Å². The number of halogens is 3. The summed E-state index contributed by atoms with van der Waals surface area (Å²) in [7, 11) is -4.30. The van der Waals surface area contributed by atoms with Gasteiger partial charge in [0, 0.05) is 18.7 Å². The number of aromatic amines is 1. The molecule has 21 heavy (non-hydrogen) atoms. The highest BCUT2D eigenvalue weighted by Crippen LogP contribution is 2.25. The molecule has 0 spiro atoms. The lowest BCUT2D eigenvalue weighted by Gasteiger charge is -2.10. The van der Waals surface area contributed by atoms with E-state index in [0.717, 1.165) is 0 Å². The van der Waals surface area contributed by atoms with Crippen molar-refractivity contribution in [2.24, 2.45) is 5.73 Å². The Balaban J connectivity index is 2.50. The minimum absolute atomic E-state index is 0.0253. The van der Waals surface area contributed by atoms with Crippen LogP contribution in [0.2, 0.25) is 0 Å². The highest BCUT2D eigenvalue weighted by Gasteiger charge is 2.25. The number of hydrogen-bond acceptors (Lipinski definition) is 4. The Hall–Kier alpha value is -2.07. The van der Waals surface area contributed by atoms with E-state index in [9.17, 15) is 21.6 Å². The highest BCUT2D eigenvalue weighted by molar-refractivity contribution is 7.92. The van der Waals surface area contributed by atoms with E-state index in [0.29, 0.717) is 12.1 Å². The minimum Gasteiger partial charge on any atom is -0.325 e. The molecular formula is C11H11F3N4O2S. The summed E-state index contributed by atoms with van der Waals surface area (Å²) in [4.78, 5) is -0.283. The molecule has 2 aromatic rings. The van der Waals surface area contributed by atoms with Gasteiger partial charge < -0.3 is 5.73 Å². The van der Waals surface area contributed by atoms with Gasteiger partial charge in [0.05, 0.1) is 17.1 Å². The van der Waals surface area contributed by atoms with Crippen LogP contribution < -0.4 is 10.5 Å². The molecule has 0 aliphatic heterocycles. The molecule has 0 unspecified atom stereocenters. The molecule has 0 aliphatic carbocycles. The number of rotatable bonds is 4. The average molecular weight is 320 g/mol. The summed E-state index contributed by atoms with van der Waals surface area (Å²) >= 11 is 0. The van der Waals surface area contributed by atoms with E-state index in [1.165, 1.54) is 6.92 Å². The predicted molar refractivity (Wildman–Crippen MR) is 68.3 cm³/mol. The molecule has 0 saturated heterocycles. The van der Waals surface area contributed by atoms with E-state index in [2.05, 4.69) is 10.2 Å². The molecule has 0 atom stereocenters. The van der Waals surface area contributed by atoms with E-state index >= 15 is 0 Å². The lowest BCUT2D eigenvalue weighted by atomic mass is 10.3. The summed E-state index contributed by atoms with van der Waals surface area (Å²) in [5.74, 6) is -4.12. The molecule has 2 rings (SSSR count). The zero-order valence-corrected chi connectivity index (χ0v) is 11.6. The van der Waals surface area contributed by atoms with Crippen molar-refractivity contribution in [1.29, 1.82) is 0 Å². The van der Waals surface area contributed by atoms with Gasteiger partial charge in [0.15, 0.2) is 11.6 Å². The Bertz CT molecular complexity index is 789. The van der Waals surface area contributed by atoms with Crippen LogP contribution in [0.15, 0.2) is 17.0 Å². The lowest BCUT2D eigenvalue weighted by molar-refractivity contribution is 0.498. The topological polar surface area (TPSA) is 101 Å². The first-order chi connectivity index (χ1) is 9.76. The quantitative estimate of drug-likeness (QED) is 0.741. The molecule has 1 aromatic heterocycles. The summed E-state index contributed by atoms with van der Waals surface area (Å²) in [5, 5.41) is 6.11. The Kier molecular flexibility index (Phi) is 3.92. The van der Waals surface area contributed by atoms with Crippen LogP contribution in [0.3, 0.4) is 0 Å². The first-order valence-electron chi connectivity index (χ1n) is 5.67.